The van der Waals surface area contributed by atoms with E-state index in [9.17, 15) is 27.9 Å². The molecule has 0 bridgehead atoms. The summed E-state index contributed by atoms with van der Waals surface area (Å²) < 4.78 is 40.0. The molecule has 1 aromatic heterocycles. The molecule has 0 aromatic carbocycles. The zero-order valence-corrected chi connectivity index (χ0v) is 9.53. The second-order valence-corrected chi connectivity index (χ2v) is 3.58. The summed E-state index contributed by atoms with van der Waals surface area (Å²) in [5, 5.41) is 12.9. The number of hydrogen-bond acceptors (Lipinski definition) is 4. The lowest BCUT2D eigenvalue weighted by Crippen LogP contribution is -2.44. The van der Waals surface area contributed by atoms with E-state index in [1.165, 1.54) is 23.9 Å². The summed E-state index contributed by atoms with van der Waals surface area (Å²) in [5.74, 6) is -2.68. The summed E-state index contributed by atoms with van der Waals surface area (Å²) in [5.41, 5.74) is 0.371. The van der Waals surface area contributed by atoms with Crippen LogP contribution in [0.3, 0.4) is 0 Å². The average molecular weight is 280 g/mol. The normalized spacial score (nSPS) is 12.8. The monoisotopic (exact) mass is 280 g/mol. The molecule has 2 amide bonds. The Kier molecular flexibility index (Phi) is 4.93. The van der Waals surface area contributed by atoms with Gasteiger partial charge in [-0.05, 0) is 6.07 Å². The second kappa shape index (κ2) is 6.23. The van der Waals surface area contributed by atoms with Crippen LogP contribution in [0.1, 0.15) is 11.7 Å². The van der Waals surface area contributed by atoms with Gasteiger partial charge in [-0.1, -0.05) is 0 Å². The predicted molar refractivity (Wildman–Crippen MR) is 55.7 cm³/mol. The largest absolute Gasteiger partial charge is 0.472 e. The molecule has 0 unspecified atom stereocenters. The Labute approximate surface area is 105 Å². The number of hydrogen-bond donors (Lipinski definition) is 3. The smallest absolute Gasteiger partial charge is 0.405 e. The van der Waals surface area contributed by atoms with E-state index in [2.05, 4.69) is 4.42 Å². The molecule has 1 atom stereocenters. The molecule has 0 fully saturated rings. The fourth-order valence-corrected chi connectivity index (χ4v) is 1.11. The zero-order chi connectivity index (χ0) is 14.5. The van der Waals surface area contributed by atoms with Crippen molar-refractivity contribution in [3.05, 3.63) is 24.2 Å². The molecule has 1 aromatic rings. The summed E-state index contributed by atoms with van der Waals surface area (Å²) in [6, 6.07) is 1.44. The molecule has 0 aliphatic carbocycles. The first-order chi connectivity index (χ1) is 8.79. The number of carbonyl (C=O) groups is 2. The quantitative estimate of drug-likeness (QED) is 0.682. The molecule has 6 nitrogen and oxygen atoms in total. The van der Waals surface area contributed by atoms with Crippen LogP contribution >= 0.6 is 0 Å². The SMILES string of the molecule is O=C(NC[C@@H](O)c1ccoc1)C(=O)NCC(F)(F)F. The first-order valence-electron chi connectivity index (χ1n) is 5.12. The number of carbonyl (C=O) groups excluding carboxylic acids is 2. The molecule has 1 rings (SSSR count). The highest BCUT2D eigenvalue weighted by atomic mass is 19.4. The number of aliphatic hydroxyl groups is 1. The molecule has 0 spiro atoms. The minimum absolute atomic E-state index is 0.322. The van der Waals surface area contributed by atoms with Crippen LogP contribution in [0.2, 0.25) is 0 Å². The third-order valence-electron chi connectivity index (χ3n) is 2.04. The maximum atomic E-state index is 11.8. The van der Waals surface area contributed by atoms with Gasteiger partial charge in [0.05, 0.1) is 18.6 Å². The van der Waals surface area contributed by atoms with Crippen LogP contribution in [0.4, 0.5) is 13.2 Å². The van der Waals surface area contributed by atoms with Gasteiger partial charge in [0, 0.05) is 12.1 Å². The van der Waals surface area contributed by atoms with Gasteiger partial charge in [-0.25, -0.2) is 0 Å². The van der Waals surface area contributed by atoms with E-state index in [0.717, 1.165) is 0 Å². The Morgan fingerprint density at radius 3 is 2.47 bits per heavy atom. The summed E-state index contributed by atoms with van der Waals surface area (Å²) in [6.07, 6.45) is -3.17. The molecule has 19 heavy (non-hydrogen) atoms. The van der Waals surface area contributed by atoms with E-state index >= 15 is 0 Å². The Hall–Kier alpha value is -2.03. The van der Waals surface area contributed by atoms with Crippen molar-refractivity contribution in [2.45, 2.75) is 12.3 Å². The lowest BCUT2D eigenvalue weighted by molar-refractivity contribution is -0.146. The van der Waals surface area contributed by atoms with Gasteiger partial charge in [-0.2, -0.15) is 13.2 Å². The van der Waals surface area contributed by atoms with E-state index in [1.807, 2.05) is 5.32 Å². The third kappa shape index (κ3) is 5.42. The number of furan rings is 1. The van der Waals surface area contributed by atoms with Crippen LogP contribution in [0, 0.1) is 0 Å². The van der Waals surface area contributed by atoms with Gasteiger partial charge < -0.3 is 20.2 Å². The standard InChI is InChI=1S/C10H11F3N2O4/c11-10(12,13)5-15-9(18)8(17)14-3-7(16)6-1-2-19-4-6/h1-2,4,7,16H,3,5H2,(H,14,17)(H,15,18)/t7-/m1/s1. The number of aliphatic hydroxyl groups excluding tert-OH is 1. The Balaban J connectivity index is 2.33. The molecule has 0 saturated carbocycles. The van der Waals surface area contributed by atoms with Gasteiger partial charge in [0.2, 0.25) is 0 Å². The second-order valence-electron chi connectivity index (χ2n) is 3.58. The fourth-order valence-electron chi connectivity index (χ4n) is 1.11. The lowest BCUT2D eigenvalue weighted by Gasteiger charge is -2.11. The van der Waals surface area contributed by atoms with Gasteiger partial charge in [0.25, 0.3) is 0 Å². The van der Waals surface area contributed by atoms with Gasteiger partial charge in [0.1, 0.15) is 6.54 Å². The minimum Gasteiger partial charge on any atom is -0.472 e. The number of amides is 2. The highest BCUT2D eigenvalue weighted by molar-refractivity contribution is 6.35. The third-order valence-corrected chi connectivity index (χ3v) is 2.04. The topological polar surface area (TPSA) is 91.6 Å². The summed E-state index contributed by atoms with van der Waals surface area (Å²) >= 11 is 0. The van der Waals surface area contributed by atoms with E-state index < -0.39 is 30.6 Å². The molecule has 1 heterocycles. The van der Waals surface area contributed by atoms with E-state index in [-0.39, 0.29) is 6.54 Å². The van der Waals surface area contributed by atoms with E-state index in [4.69, 9.17) is 0 Å². The predicted octanol–water partition coefficient (Wildman–Crippen LogP) is 0.108. The molecular weight excluding hydrogens is 269 g/mol. The maximum absolute atomic E-state index is 11.8. The van der Waals surface area contributed by atoms with E-state index in [1.54, 1.807) is 0 Å². The molecule has 0 aliphatic heterocycles. The van der Waals surface area contributed by atoms with Gasteiger partial charge in [-0.15, -0.1) is 0 Å². The Morgan fingerprint density at radius 2 is 1.95 bits per heavy atom. The number of rotatable bonds is 4. The molecule has 0 radical (unpaired) electrons. The number of nitrogens with one attached hydrogen (secondary N) is 2. The van der Waals surface area contributed by atoms with Crippen LogP contribution < -0.4 is 10.6 Å². The van der Waals surface area contributed by atoms with Gasteiger partial charge in [0.15, 0.2) is 0 Å². The molecule has 0 aliphatic rings. The molecule has 9 heteroatoms. The van der Waals surface area contributed by atoms with E-state index in [0.29, 0.717) is 5.56 Å². The van der Waals surface area contributed by atoms with Crippen molar-refractivity contribution < 1.29 is 32.3 Å². The Bertz CT molecular complexity index is 430. The maximum Gasteiger partial charge on any atom is 0.405 e. The van der Waals surface area contributed by atoms with Crippen molar-refractivity contribution in [2.24, 2.45) is 0 Å². The lowest BCUT2D eigenvalue weighted by atomic mass is 10.2. The summed E-state index contributed by atoms with van der Waals surface area (Å²) in [4.78, 5) is 22.1. The summed E-state index contributed by atoms with van der Waals surface area (Å²) in [7, 11) is 0. The highest BCUT2D eigenvalue weighted by Crippen LogP contribution is 2.12. The first-order valence-corrected chi connectivity index (χ1v) is 5.12. The highest BCUT2D eigenvalue weighted by Gasteiger charge is 2.29. The molecule has 106 valence electrons. The minimum atomic E-state index is -4.59. The van der Waals surface area contributed by atoms with Crippen LogP contribution in [-0.4, -0.2) is 36.2 Å². The zero-order valence-electron chi connectivity index (χ0n) is 9.53. The van der Waals surface area contributed by atoms with Crippen LogP contribution in [0.5, 0.6) is 0 Å². The first kappa shape index (κ1) is 15.0. The molecule has 0 saturated heterocycles. The van der Waals surface area contributed by atoms with Crippen molar-refractivity contribution >= 4 is 11.8 Å². The molecular formula is C10H11F3N2O4. The number of alkyl halides is 3. The Morgan fingerprint density at radius 1 is 1.32 bits per heavy atom. The van der Waals surface area contributed by atoms with Crippen LogP contribution in [0.15, 0.2) is 23.0 Å². The van der Waals surface area contributed by atoms with Gasteiger partial charge >= 0.3 is 18.0 Å². The van der Waals surface area contributed by atoms with Crippen LogP contribution in [0.25, 0.3) is 0 Å². The van der Waals surface area contributed by atoms with Crippen molar-refractivity contribution in [2.75, 3.05) is 13.1 Å². The van der Waals surface area contributed by atoms with Gasteiger partial charge in [-0.3, -0.25) is 9.59 Å². The van der Waals surface area contributed by atoms with Crippen molar-refractivity contribution in [1.82, 2.24) is 10.6 Å². The van der Waals surface area contributed by atoms with Crippen molar-refractivity contribution in [3.63, 3.8) is 0 Å². The van der Waals surface area contributed by atoms with Crippen LogP contribution in [-0.2, 0) is 9.59 Å². The average Bonchev–Trinajstić information content (AvgIpc) is 2.85. The molecule has 3 N–H and O–H groups in total. The summed E-state index contributed by atoms with van der Waals surface area (Å²) in [6.45, 7) is -1.92. The van der Waals surface area contributed by atoms with Crippen molar-refractivity contribution in [3.8, 4) is 0 Å². The number of halogens is 3. The fraction of sp³-hybridized carbons (Fsp3) is 0.400. The van der Waals surface area contributed by atoms with Crippen molar-refractivity contribution in [1.29, 1.82) is 0 Å².